The first-order valence-electron chi connectivity index (χ1n) is 11.7. The van der Waals surface area contributed by atoms with Crippen molar-refractivity contribution in [3.8, 4) is 0 Å². The van der Waals surface area contributed by atoms with E-state index in [-0.39, 0.29) is 11.5 Å². The summed E-state index contributed by atoms with van der Waals surface area (Å²) in [7, 11) is -3.59. The molecule has 9 heteroatoms. The monoisotopic (exact) mass is 460 g/mol. The number of likely N-dealkylation sites (tertiary alicyclic amines) is 1. The Kier molecular flexibility index (Phi) is 7.37. The Hall–Kier alpha value is -2.10. The number of nitrogens with zero attached hydrogens (tertiary/aromatic N) is 3. The summed E-state index contributed by atoms with van der Waals surface area (Å²) in [6.45, 7) is 4.71. The highest BCUT2D eigenvalue weighted by molar-refractivity contribution is 7.90. The Labute approximate surface area is 190 Å². The lowest BCUT2D eigenvalue weighted by atomic mass is 9.92. The summed E-state index contributed by atoms with van der Waals surface area (Å²) in [6, 6.07) is 0. The quantitative estimate of drug-likeness (QED) is 0.582. The van der Waals surface area contributed by atoms with Crippen LogP contribution in [0, 0.1) is 0 Å². The van der Waals surface area contributed by atoms with Crippen LogP contribution in [0.1, 0.15) is 44.9 Å². The average molecular weight is 461 g/mol. The van der Waals surface area contributed by atoms with Crippen LogP contribution in [0.4, 0.5) is 0 Å². The molecule has 1 aliphatic carbocycles. The van der Waals surface area contributed by atoms with E-state index >= 15 is 0 Å². The van der Waals surface area contributed by atoms with Crippen molar-refractivity contribution in [1.82, 2.24) is 14.5 Å². The van der Waals surface area contributed by atoms with Crippen molar-refractivity contribution >= 4 is 27.5 Å². The zero-order valence-electron chi connectivity index (χ0n) is 18.5. The molecule has 4 aliphatic rings. The van der Waals surface area contributed by atoms with Gasteiger partial charge in [0.1, 0.15) is 5.25 Å². The van der Waals surface area contributed by atoms with Gasteiger partial charge in [0.05, 0.1) is 11.3 Å². The van der Waals surface area contributed by atoms with Crippen LogP contribution in [-0.4, -0.2) is 79.7 Å². The summed E-state index contributed by atoms with van der Waals surface area (Å²) in [5.74, 6) is -0.863. The number of aliphatic imine (C=N–C) groups is 1. The van der Waals surface area contributed by atoms with Gasteiger partial charge in [-0.15, -0.1) is 0 Å². The van der Waals surface area contributed by atoms with E-state index < -0.39 is 21.2 Å². The molecule has 2 saturated heterocycles. The van der Waals surface area contributed by atoms with Gasteiger partial charge in [-0.1, -0.05) is 25.0 Å². The Balaban J connectivity index is 1.45. The van der Waals surface area contributed by atoms with Crippen LogP contribution >= 0.6 is 0 Å². The third-order valence-electron chi connectivity index (χ3n) is 6.49. The van der Waals surface area contributed by atoms with E-state index in [0.29, 0.717) is 30.9 Å². The summed E-state index contributed by atoms with van der Waals surface area (Å²) in [5, 5.41) is 2.02. The number of hydrogen-bond donors (Lipinski definition) is 1. The zero-order valence-corrected chi connectivity index (χ0v) is 19.3. The molecule has 2 fully saturated rings. The molecule has 3 heterocycles. The second kappa shape index (κ2) is 10.2. The highest BCUT2D eigenvalue weighted by atomic mass is 32.2. The molecule has 0 bridgehead atoms. The smallest absolute Gasteiger partial charge is 0.271 e. The fourth-order valence-corrected chi connectivity index (χ4v) is 6.40. The first kappa shape index (κ1) is 23.1. The second-order valence-electron chi connectivity index (χ2n) is 8.81. The number of fused-ring (bicyclic) bond motifs is 1. The van der Waals surface area contributed by atoms with Crippen molar-refractivity contribution < 1.29 is 18.0 Å². The first-order valence-corrected chi connectivity index (χ1v) is 13.2. The third kappa shape index (κ3) is 5.27. The summed E-state index contributed by atoms with van der Waals surface area (Å²) in [6.07, 6.45) is 13.0. The molecule has 4 rings (SSSR count). The normalized spacial score (nSPS) is 24.9. The maximum Gasteiger partial charge on any atom is 0.271 e. The van der Waals surface area contributed by atoms with Crippen LogP contribution < -0.4 is 5.32 Å². The maximum atomic E-state index is 13.2. The van der Waals surface area contributed by atoms with E-state index in [1.807, 2.05) is 0 Å². The van der Waals surface area contributed by atoms with E-state index in [1.165, 1.54) is 18.9 Å². The summed E-state index contributed by atoms with van der Waals surface area (Å²) in [5.41, 5.74) is 0.969. The minimum atomic E-state index is -3.59. The first-order chi connectivity index (χ1) is 15.4. The molecule has 32 heavy (non-hydrogen) atoms. The lowest BCUT2D eigenvalue weighted by molar-refractivity contribution is -0.118. The van der Waals surface area contributed by atoms with Gasteiger partial charge in [0.2, 0.25) is 10.0 Å². The van der Waals surface area contributed by atoms with Crippen LogP contribution in [-0.2, 0) is 19.6 Å². The van der Waals surface area contributed by atoms with Gasteiger partial charge in [-0.3, -0.25) is 9.59 Å². The van der Waals surface area contributed by atoms with Gasteiger partial charge >= 0.3 is 0 Å². The summed E-state index contributed by atoms with van der Waals surface area (Å²) < 4.78 is 28.0. The third-order valence-corrected chi connectivity index (χ3v) is 8.55. The number of sulfonamides is 1. The molecule has 0 radical (unpaired) electrons. The molecule has 8 nitrogen and oxygen atoms in total. The summed E-state index contributed by atoms with van der Waals surface area (Å²) >= 11 is 0. The van der Waals surface area contributed by atoms with Gasteiger partial charge in [-0.05, 0) is 57.8 Å². The van der Waals surface area contributed by atoms with E-state index in [9.17, 15) is 18.0 Å². The van der Waals surface area contributed by atoms with E-state index in [2.05, 4.69) is 15.2 Å². The fraction of sp³-hybridized carbons (Fsp3) is 0.609. The molecule has 2 amide bonds. The Morgan fingerprint density at radius 3 is 2.47 bits per heavy atom. The van der Waals surface area contributed by atoms with Gasteiger partial charge in [-0.25, -0.2) is 17.7 Å². The predicted molar refractivity (Wildman–Crippen MR) is 124 cm³/mol. The standard InChI is InChI=1S/C23H32N4O4S/c28-22-17-20(23(29)24-10-7-13-26-11-5-6-12-26)19-16-18(8-9-21(19)25-22)32(30,31)27-14-3-1-2-4-15-27/h8-9,16-18H,1-7,10-15H2,(H,24,29). The number of dihydropyridines is 1. The molecular weight excluding hydrogens is 428 g/mol. The molecule has 3 aliphatic heterocycles. The van der Waals surface area contributed by atoms with Gasteiger partial charge in [0.15, 0.2) is 0 Å². The molecule has 0 spiro atoms. The van der Waals surface area contributed by atoms with Crippen molar-refractivity contribution in [3.63, 3.8) is 0 Å². The van der Waals surface area contributed by atoms with Gasteiger partial charge < -0.3 is 10.2 Å². The Morgan fingerprint density at radius 2 is 1.75 bits per heavy atom. The highest BCUT2D eigenvalue weighted by Crippen LogP contribution is 2.27. The molecule has 0 aromatic heterocycles. The molecule has 1 N–H and O–H groups in total. The number of allylic oxidation sites excluding steroid dienone is 1. The van der Waals surface area contributed by atoms with E-state index in [0.717, 1.165) is 51.7 Å². The molecule has 0 saturated carbocycles. The molecule has 1 unspecified atom stereocenters. The highest BCUT2D eigenvalue weighted by Gasteiger charge is 2.34. The number of rotatable bonds is 7. The number of hydrogen-bond acceptors (Lipinski definition) is 5. The SMILES string of the molecule is O=C1C=C(C(=O)NCCCN2CCCC2)C2=CC(S(=O)(=O)N3CCCCCC3)C=CC2=N1. The van der Waals surface area contributed by atoms with Crippen LogP contribution in [0.5, 0.6) is 0 Å². The second-order valence-corrected chi connectivity index (χ2v) is 10.9. The maximum absolute atomic E-state index is 13.2. The van der Waals surface area contributed by atoms with Gasteiger partial charge in [-0.2, -0.15) is 0 Å². The molecule has 0 aromatic rings. The van der Waals surface area contributed by atoms with Crippen LogP contribution in [0.25, 0.3) is 0 Å². The largest absolute Gasteiger partial charge is 0.352 e. The van der Waals surface area contributed by atoms with Crippen molar-refractivity contribution in [2.75, 3.05) is 39.3 Å². The zero-order chi connectivity index (χ0) is 22.6. The van der Waals surface area contributed by atoms with Crippen molar-refractivity contribution in [2.24, 2.45) is 4.99 Å². The van der Waals surface area contributed by atoms with Gasteiger partial charge in [0, 0.05) is 31.3 Å². The lowest BCUT2D eigenvalue weighted by Gasteiger charge is -2.26. The minimum Gasteiger partial charge on any atom is -0.352 e. The lowest BCUT2D eigenvalue weighted by Crippen LogP contribution is -2.39. The minimum absolute atomic E-state index is 0.196. The van der Waals surface area contributed by atoms with Crippen LogP contribution in [0.2, 0.25) is 0 Å². The summed E-state index contributed by atoms with van der Waals surface area (Å²) in [4.78, 5) is 31.3. The molecule has 1 atom stereocenters. The van der Waals surface area contributed by atoms with Gasteiger partial charge in [0.25, 0.3) is 11.8 Å². The molecule has 0 aromatic carbocycles. The predicted octanol–water partition coefficient (Wildman–Crippen LogP) is 1.57. The fourth-order valence-electron chi connectivity index (χ4n) is 4.71. The van der Waals surface area contributed by atoms with Crippen LogP contribution in [0.3, 0.4) is 0 Å². The topological polar surface area (TPSA) is 99.2 Å². The molecule has 174 valence electrons. The Bertz CT molecular complexity index is 966. The average Bonchev–Trinajstić information content (AvgIpc) is 3.14. The van der Waals surface area contributed by atoms with Crippen molar-refractivity contribution in [1.29, 1.82) is 0 Å². The number of nitrogens with one attached hydrogen (secondary N) is 1. The van der Waals surface area contributed by atoms with Crippen molar-refractivity contribution in [3.05, 3.63) is 35.5 Å². The van der Waals surface area contributed by atoms with Crippen molar-refractivity contribution in [2.45, 2.75) is 50.2 Å². The van der Waals surface area contributed by atoms with E-state index in [1.54, 1.807) is 22.5 Å². The number of carbonyl (C=O) groups excluding carboxylic acids is 2. The van der Waals surface area contributed by atoms with E-state index in [4.69, 9.17) is 0 Å². The van der Waals surface area contributed by atoms with Crippen LogP contribution in [0.15, 0.2) is 40.4 Å². The number of carbonyl (C=O) groups is 2. The molecular formula is C23H32N4O4S. The number of amides is 2. The Morgan fingerprint density at radius 1 is 1.06 bits per heavy atom.